The van der Waals surface area contributed by atoms with Gasteiger partial charge in [0.1, 0.15) is 0 Å². The van der Waals surface area contributed by atoms with Crippen molar-refractivity contribution < 1.29 is 4.79 Å². The molecule has 0 aliphatic carbocycles. The Hall–Kier alpha value is -1.35. The van der Waals surface area contributed by atoms with E-state index in [1.165, 1.54) is 6.42 Å². The number of carbonyl (C=O) groups excluding carboxylic acids is 1. The van der Waals surface area contributed by atoms with Crippen LogP contribution in [0.1, 0.15) is 23.7 Å². The van der Waals surface area contributed by atoms with Gasteiger partial charge in [0.25, 0.3) is 0 Å². The highest BCUT2D eigenvalue weighted by atomic mass is 16.1. The topological polar surface area (TPSA) is 41.1 Å². The number of Topliss-reactive ketones (excluding diaryl/α,β-unsaturated/α-hetero) is 1. The van der Waals surface area contributed by atoms with Crippen molar-refractivity contribution in [3.8, 4) is 0 Å². The van der Waals surface area contributed by atoms with Crippen molar-refractivity contribution in [2.45, 2.75) is 13.3 Å². The van der Waals surface area contributed by atoms with Gasteiger partial charge in [-0.2, -0.15) is 0 Å². The van der Waals surface area contributed by atoms with Gasteiger partial charge < -0.3 is 10.6 Å². The van der Waals surface area contributed by atoms with Gasteiger partial charge in [0, 0.05) is 17.8 Å². The molecule has 1 heterocycles. The smallest absolute Gasteiger partial charge is 0.159 e. The Kier molecular flexibility index (Phi) is 3.57. The van der Waals surface area contributed by atoms with Crippen LogP contribution in [0.3, 0.4) is 0 Å². The van der Waals surface area contributed by atoms with E-state index in [9.17, 15) is 4.79 Å². The first-order valence-corrected chi connectivity index (χ1v) is 5.81. The summed E-state index contributed by atoms with van der Waals surface area (Å²) in [6, 6.07) is 7.70. The number of hydrogen-bond donors (Lipinski definition) is 2. The normalized spacial score (nSPS) is 19.7. The average molecular weight is 218 g/mol. The molecule has 0 aromatic heterocycles. The molecule has 1 aliphatic rings. The van der Waals surface area contributed by atoms with Crippen molar-refractivity contribution in [2.24, 2.45) is 5.92 Å². The highest BCUT2D eigenvalue weighted by Gasteiger charge is 2.13. The quantitative estimate of drug-likeness (QED) is 0.758. The molecular formula is C13H18N2O. The molecule has 0 bridgehead atoms. The number of nitrogens with one attached hydrogen (secondary N) is 2. The molecule has 1 atom stereocenters. The predicted octanol–water partition coefficient (Wildman–Crippen LogP) is 1.91. The third-order valence-electron chi connectivity index (χ3n) is 3.03. The van der Waals surface area contributed by atoms with E-state index in [1.54, 1.807) is 6.92 Å². The second kappa shape index (κ2) is 5.12. The molecule has 3 nitrogen and oxygen atoms in total. The van der Waals surface area contributed by atoms with Gasteiger partial charge in [-0.15, -0.1) is 0 Å². The van der Waals surface area contributed by atoms with Crippen LogP contribution in [0.5, 0.6) is 0 Å². The summed E-state index contributed by atoms with van der Waals surface area (Å²) in [7, 11) is 0. The van der Waals surface area contributed by atoms with E-state index in [0.29, 0.717) is 5.92 Å². The maximum Gasteiger partial charge on any atom is 0.159 e. The van der Waals surface area contributed by atoms with Crippen molar-refractivity contribution in [2.75, 3.05) is 25.0 Å². The van der Waals surface area contributed by atoms with Crippen LogP contribution in [0.4, 0.5) is 5.69 Å². The zero-order chi connectivity index (χ0) is 11.4. The zero-order valence-electron chi connectivity index (χ0n) is 9.62. The standard InChI is InChI=1S/C13H18N2O/c1-10(16)12-3-2-4-13(7-12)15-9-11-5-6-14-8-11/h2-4,7,11,14-15H,5-6,8-9H2,1H3. The van der Waals surface area contributed by atoms with Gasteiger partial charge in [0.15, 0.2) is 5.78 Å². The number of carbonyl (C=O) groups is 1. The second-order valence-corrected chi connectivity index (χ2v) is 4.38. The molecular weight excluding hydrogens is 200 g/mol. The van der Waals surface area contributed by atoms with E-state index in [-0.39, 0.29) is 5.78 Å². The largest absolute Gasteiger partial charge is 0.385 e. The number of rotatable bonds is 4. The van der Waals surface area contributed by atoms with E-state index in [2.05, 4.69) is 10.6 Å². The Balaban J connectivity index is 1.93. The van der Waals surface area contributed by atoms with Gasteiger partial charge in [-0.05, 0) is 44.5 Å². The summed E-state index contributed by atoms with van der Waals surface area (Å²) in [5.41, 5.74) is 1.81. The molecule has 86 valence electrons. The lowest BCUT2D eigenvalue weighted by atomic mass is 10.1. The van der Waals surface area contributed by atoms with Crippen LogP contribution in [0, 0.1) is 5.92 Å². The summed E-state index contributed by atoms with van der Waals surface area (Å²) < 4.78 is 0. The SMILES string of the molecule is CC(=O)c1cccc(NCC2CCNC2)c1. The molecule has 1 aromatic carbocycles. The van der Waals surface area contributed by atoms with Gasteiger partial charge >= 0.3 is 0 Å². The molecule has 0 amide bonds. The van der Waals surface area contributed by atoms with Crippen LogP contribution in [0.15, 0.2) is 24.3 Å². The molecule has 2 N–H and O–H groups in total. The molecule has 1 unspecified atom stereocenters. The van der Waals surface area contributed by atoms with Crippen LogP contribution in [0.25, 0.3) is 0 Å². The maximum atomic E-state index is 11.2. The molecule has 1 saturated heterocycles. The van der Waals surface area contributed by atoms with Crippen molar-refractivity contribution >= 4 is 11.5 Å². The van der Waals surface area contributed by atoms with Crippen molar-refractivity contribution in [1.82, 2.24) is 5.32 Å². The molecule has 1 aromatic rings. The van der Waals surface area contributed by atoms with E-state index in [0.717, 1.165) is 30.9 Å². The Morgan fingerprint density at radius 3 is 3.12 bits per heavy atom. The van der Waals surface area contributed by atoms with Crippen LogP contribution < -0.4 is 10.6 Å². The van der Waals surface area contributed by atoms with Crippen LogP contribution >= 0.6 is 0 Å². The third-order valence-corrected chi connectivity index (χ3v) is 3.03. The third kappa shape index (κ3) is 2.83. The molecule has 0 spiro atoms. The summed E-state index contributed by atoms with van der Waals surface area (Å²) in [5, 5.41) is 6.73. The first-order valence-electron chi connectivity index (χ1n) is 5.81. The number of benzene rings is 1. The minimum absolute atomic E-state index is 0.117. The lowest BCUT2D eigenvalue weighted by molar-refractivity contribution is 0.101. The first-order chi connectivity index (χ1) is 7.75. The molecule has 2 rings (SSSR count). The van der Waals surface area contributed by atoms with Crippen LogP contribution in [0.2, 0.25) is 0 Å². The van der Waals surface area contributed by atoms with Gasteiger partial charge in [0.2, 0.25) is 0 Å². The Bertz CT molecular complexity index is 370. The van der Waals surface area contributed by atoms with Crippen LogP contribution in [-0.2, 0) is 0 Å². The zero-order valence-corrected chi connectivity index (χ0v) is 9.62. The van der Waals surface area contributed by atoms with Gasteiger partial charge in [-0.3, -0.25) is 4.79 Å². The van der Waals surface area contributed by atoms with E-state index in [4.69, 9.17) is 0 Å². The fourth-order valence-electron chi connectivity index (χ4n) is 2.00. The Morgan fingerprint density at radius 2 is 2.44 bits per heavy atom. The number of hydrogen-bond acceptors (Lipinski definition) is 3. The van der Waals surface area contributed by atoms with E-state index in [1.807, 2.05) is 24.3 Å². The molecule has 1 fully saturated rings. The molecule has 1 aliphatic heterocycles. The minimum Gasteiger partial charge on any atom is -0.385 e. The number of ketones is 1. The summed E-state index contributed by atoms with van der Waals surface area (Å²) >= 11 is 0. The van der Waals surface area contributed by atoms with E-state index < -0.39 is 0 Å². The molecule has 16 heavy (non-hydrogen) atoms. The summed E-state index contributed by atoms with van der Waals surface area (Å²) in [4.78, 5) is 11.2. The van der Waals surface area contributed by atoms with Crippen LogP contribution in [-0.4, -0.2) is 25.4 Å². The summed E-state index contributed by atoms with van der Waals surface area (Å²) in [6.07, 6.45) is 1.24. The van der Waals surface area contributed by atoms with Crippen molar-refractivity contribution in [1.29, 1.82) is 0 Å². The minimum atomic E-state index is 0.117. The lowest BCUT2D eigenvalue weighted by Gasteiger charge is -2.11. The van der Waals surface area contributed by atoms with Gasteiger partial charge in [-0.25, -0.2) is 0 Å². The first kappa shape index (κ1) is 11.1. The summed E-state index contributed by atoms with van der Waals surface area (Å²) in [5.74, 6) is 0.826. The monoisotopic (exact) mass is 218 g/mol. The number of anilines is 1. The fourth-order valence-corrected chi connectivity index (χ4v) is 2.00. The lowest BCUT2D eigenvalue weighted by Crippen LogP contribution is -2.17. The summed E-state index contributed by atoms with van der Waals surface area (Å²) in [6.45, 7) is 4.80. The molecule has 0 radical (unpaired) electrons. The maximum absolute atomic E-state index is 11.2. The van der Waals surface area contributed by atoms with E-state index >= 15 is 0 Å². The molecule has 3 heteroatoms. The molecule has 0 saturated carbocycles. The highest BCUT2D eigenvalue weighted by molar-refractivity contribution is 5.94. The second-order valence-electron chi connectivity index (χ2n) is 4.38. The Morgan fingerprint density at radius 1 is 1.56 bits per heavy atom. The fraction of sp³-hybridized carbons (Fsp3) is 0.462. The highest BCUT2D eigenvalue weighted by Crippen LogP contribution is 2.13. The predicted molar refractivity (Wildman–Crippen MR) is 65.9 cm³/mol. The van der Waals surface area contributed by atoms with Crippen molar-refractivity contribution in [3.05, 3.63) is 29.8 Å². The average Bonchev–Trinajstić information content (AvgIpc) is 2.79. The van der Waals surface area contributed by atoms with Gasteiger partial charge in [-0.1, -0.05) is 12.1 Å². The van der Waals surface area contributed by atoms with Gasteiger partial charge in [0.05, 0.1) is 0 Å². The Labute approximate surface area is 96.2 Å². The van der Waals surface area contributed by atoms with Crippen molar-refractivity contribution in [3.63, 3.8) is 0 Å².